The molecule has 0 bridgehead atoms. The SMILES string of the molecule is C=N/C=C\N=CCc1cc(N2CC(N(C)C)C2)nc(C[C@@H](C)c2ccc(F)cc2)n1. The van der Waals surface area contributed by atoms with E-state index in [4.69, 9.17) is 9.97 Å². The van der Waals surface area contributed by atoms with E-state index < -0.39 is 0 Å². The van der Waals surface area contributed by atoms with E-state index in [1.54, 1.807) is 18.6 Å². The Morgan fingerprint density at radius 2 is 1.97 bits per heavy atom. The molecule has 0 aliphatic carbocycles. The van der Waals surface area contributed by atoms with Gasteiger partial charge < -0.3 is 9.80 Å². The molecule has 1 aliphatic heterocycles. The molecule has 30 heavy (non-hydrogen) atoms. The minimum Gasteiger partial charge on any atom is -0.353 e. The lowest BCUT2D eigenvalue weighted by atomic mass is 9.97. The van der Waals surface area contributed by atoms with E-state index in [2.05, 4.69) is 47.5 Å². The fourth-order valence-electron chi connectivity index (χ4n) is 3.34. The highest BCUT2D eigenvalue weighted by Gasteiger charge is 2.29. The fourth-order valence-corrected chi connectivity index (χ4v) is 3.34. The van der Waals surface area contributed by atoms with E-state index in [0.29, 0.717) is 18.9 Å². The maximum absolute atomic E-state index is 13.2. The highest BCUT2D eigenvalue weighted by molar-refractivity contribution is 5.62. The summed E-state index contributed by atoms with van der Waals surface area (Å²) in [6.07, 6.45) is 6.25. The normalized spacial score (nSPS) is 15.8. The molecule has 1 aliphatic rings. The van der Waals surface area contributed by atoms with E-state index in [-0.39, 0.29) is 11.7 Å². The van der Waals surface area contributed by atoms with Crippen LogP contribution in [0.3, 0.4) is 0 Å². The average molecular weight is 409 g/mol. The topological polar surface area (TPSA) is 57.0 Å². The molecule has 0 amide bonds. The number of anilines is 1. The summed E-state index contributed by atoms with van der Waals surface area (Å²) in [4.78, 5) is 21.9. The molecule has 0 N–H and O–H groups in total. The third-order valence-electron chi connectivity index (χ3n) is 5.32. The molecule has 1 fully saturated rings. The fraction of sp³-hybridized carbons (Fsp3) is 0.391. The van der Waals surface area contributed by atoms with Gasteiger partial charge in [0, 0.05) is 56.7 Å². The summed E-state index contributed by atoms with van der Waals surface area (Å²) < 4.78 is 13.2. The van der Waals surface area contributed by atoms with Crippen LogP contribution in [0.2, 0.25) is 0 Å². The van der Waals surface area contributed by atoms with Gasteiger partial charge in [0.2, 0.25) is 0 Å². The minimum absolute atomic E-state index is 0.190. The molecular weight excluding hydrogens is 379 g/mol. The summed E-state index contributed by atoms with van der Waals surface area (Å²) in [6, 6.07) is 9.24. The summed E-state index contributed by atoms with van der Waals surface area (Å²) >= 11 is 0. The predicted octanol–water partition coefficient (Wildman–Crippen LogP) is 3.50. The highest BCUT2D eigenvalue weighted by Crippen LogP contribution is 2.24. The predicted molar refractivity (Wildman–Crippen MR) is 121 cm³/mol. The van der Waals surface area contributed by atoms with Crippen molar-refractivity contribution in [2.45, 2.75) is 31.7 Å². The third-order valence-corrected chi connectivity index (χ3v) is 5.32. The number of benzene rings is 1. The Morgan fingerprint density at radius 3 is 2.63 bits per heavy atom. The standard InChI is InChI=1S/C23H29FN6/c1-17(18-5-7-19(24)8-6-18)13-22-27-20(9-10-26-12-11-25-2)14-23(28-22)30-15-21(16-30)29(3)4/h5-8,10-12,14,17,21H,2,9,13,15-16H2,1,3-4H3/b12-11-,26-10?/t17-/m1/s1. The zero-order chi connectivity index (χ0) is 21.5. The monoisotopic (exact) mass is 408 g/mol. The van der Waals surface area contributed by atoms with Crippen LogP contribution in [0.25, 0.3) is 0 Å². The lowest BCUT2D eigenvalue weighted by molar-refractivity contribution is 0.246. The van der Waals surface area contributed by atoms with Crippen LogP contribution in [0.15, 0.2) is 52.7 Å². The van der Waals surface area contributed by atoms with Crippen LogP contribution < -0.4 is 4.90 Å². The zero-order valence-corrected chi connectivity index (χ0v) is 17.9. The summed E-state index contributed by atoms with van der Waals surface area (Å²) in [7, 11) is 4.20. The summed E-state index contributed by atoms with van der Waals surface area (Å²) in [6.45, 7) is 7.42. The van der Waals surface area contributed by atoms with Crippen molar-refractivity contribution < 1.29 is 4.39 Å². The Kier molecular flexibility index (Phi) is 7.41. The molecule has 0 unspecified atom stereocenters. The number of aromatic nitrogens is 2. The van der Waals surface area contributed by atoms with Crippen molar-refractivity contribution in [3.05, 3.63) is 65.6 Å². The number of halogens is 1. The Bertz CT molecular complexity index is 900. The first-order valence-corrected chi connectivity index (χ1v) is 10.1. The molecule has 0 spiro atoms. The van der Waals surface area contributed by atoms with Gasteiger partial charge in [-0.15, -0.1) is 0 Å². The number of nitrogens with zero attached hydrogens (tertiary/aromatic N) is 6. The molecule has 0 radical (unpaired) electrons. The van der Waals surface area contributed by atoms with Crippen LogP contribution in [0.4, 0.5) is 10.2 Å². The first kappa shape index (κ1) is 21.8. The van der Waals surface area contributed by atoms with Crippen molar-refractivity contribution >= 4 is 18.7 Å². The maximum Gasteiger partial charge on any atom is 0.132 e. The van der Waals surface area contributed by atoms with Crippen LogP contribution in [0.1, 0.15) is 29.9 Å². The van der Waals surface area contributed by atoms with Gasteiger partial charge in [-0.3, -0.25) is 9.98 Å². The third kappa shape index (κ3) is 5.79. The van der Waals surface area contributed by atoms with Gasteiger partial charge in [0.15, 0.2) is 0 Å². The van der Waals surface area contributed by atoms with Crippen molar-refractivity contribution in [2.75, 3.05) is 32.1 Å². The largest absolute Gasteiger partial charge is 0.353 e. The van der Waals surface area contributed by atoms with Gasteiger partial charge in [0.1, 0.15) is 17.5 Å². The van der Waals surface area contributed by atoms with Crippen molar-refractivity contribution in [2.24, 2.45) is 9.98 Å². The average Bonchev–Trinajstić information content (AvgIpc) is 2.67. The molecule has 2 heterocycles. The van der Waals surface area contributed by atoms with E-state index in [0.717, 1.165) is 36.0 Å². The number of rotatable bonds is 9. The molecule has 1 atom stereocenters. The Labute approximate surface area is 177 Å². The number of hydrogen-bond acceptors (Lipinski definition) is 6. The number of hydrogen-bond donors (Lipinski definition) is 0. The van der Waals surface area contributed by atoms with Crippen molar-refractivity contribution in [1.82, 2.24) is 14.9 Å². The minimum atomic E-state index is -0.222. The number of likely N-dealkylation sites (N-methyl/N-ethyl adjacent to an activating group) is 1. The smallest absolute Gasteiger partial charge is 0.132 e. The molecule has 1 aromatic heterocycles. The van der Waals surface area contributed by atoms with Crippen molar-refractivity contribution in [3.63, 3.8) is 0 Å². The van der Waals surface area contributed by atoms with Crippen molar-refractivity contribution in [1.29, 1.82) is 0 Å². The van der Waals surface area contributed by atoms with Crippen LogP contribution in [0.5, 0.6) is 0 Å². The van der Waals surface area contributed by atoms with Crippen molar-refractivity contribution in [3.8, 4) is 0 Å². The molecule has 6 nitrogen and oxygen atoms in total. The Balaban J connectivity index is 1.78. The van der Waals surface area contributed by atoms with E-state index in [9.17, 15) is 4.39 Å². The molecule has 1 saturated heterocycles. The second kappa shape index (κ2) is 10.2. The van der Waals surface area contributed by atoms with Gasteiger partial charge in [-0.2, -0.15) is 0 Å². The van der Waals surface area contributed by atoms with E-state index >= 15 is 0 Å². The lowest BCUT2D eigenvalue weighted by Gasteiger charge is -2.43. The highest BCUT2D eigenvalue weighted by atomic mass is 19.1. The lowest BCUT2D eigenvalue weighted by Crippen LogP contribution is -2.57. The van der Waals surface area contributed by atoms with Crippen LogP contribution >= 0.6 is 0 Å². The summed E-state index contributed by atoms with van der Waals surface area (Å²) in [5, 5.41) is 0. The summed E-state index contributed by atoms with van der Waals surface area (Å²) in [5.74, 6) is 1.72. The first-order valence-electron chi connectivity index (χ1n) is 10.1. The Morgan fingerprint density at radius 1 is 1.23 bits per heavy atom. The second-order valence-corrected chi connectivity index (χ2v) is 7.83. The number of aliphatic imine (C=N–C) groups is 2. The summed E-state index contributed by atoms with van der Waals surface area (Å²) in [5.41, 5.74) is 2.01. The van der Waals surface area contributed by atoms with Crippen LogP contribution in [-0.4, -0.2) is 61.0 Å². The zero-order valence-electron chi connectivity index (χ0n) is 17.9. The quantitative estimate of drug-likeness (QED) is 0.596. The van der Waals surface area contributed by atoms with Gasteiger partial charge in [0.25, 0.3) is 0 Å². The van der Waals surface area contributed by atoms with Gasteiger partial charge in [-0.05, 0) is 44.4 Å². The second-order valence-electron chi connectivity index (χ2n) is 7.83. The first-order chi connectivity index (χ1) is 14.5. The van der Waals surface area contributed by atoms with Crippen LogP contribution in [0, 0.1) is 5.82 Å². The molecule has 7 heteroatoms. The molecule has 1 aromatic carbocycles. The molecule has 2 aromatic rings. The van der Waals surface area contributed by atoms with E-state index in [1.165, 1.54) is 12.1 Å². The molecular formula is C23H29FN6. The van der Waals surface area contributed by atoms with Gasteiger partial charge >= 0.3 is 0 Å². The molecule has 0 saturated carbocycles. The Hall–Kier alpha value is -2.93. The maximum atomic E-state index is 13.2. The van der Waals surface area contributed by atoms with Gasteiger partial charge in [-0.25, -0.2) is 14.4 Å². The van der Waals surface area contributed by atoms with Gasteiger partial charge in [-0.1, -0.05) is 19.1 Å². The molecule has 3 rings (SSSR count). The van der Waals surface area contributed by atoms with Gasteiger partial charge in [0.05, 0.1) is 5.69 Å². The van der Waals surface area contributed by atoms with E-state index in [1.807, 2.05) is 18.2 Å². The van der Waals surface area contributed by atoms with Crippen LogP contribution in [-0.2, 0) is 12.8 Å². The molecule has 158 valence electrons.